The molecule has 0 amide bonds. The second kappa shape index (κ2) is 5.99. The molecule has 1 aromatic carbocycles. The smallest absolute Gasteiger partial charge is 0.151 e. The van der Waals surface area contributed by atoms with Gasteiger partial charge >= 0.3 is 0 Å². The zero-order valence-corrected chi connectivity index (χ0v) is 13.5. The lowest BCUT2D eigenvalue weighted by Gasteiger charge is -2.04. The Morgan fingerprint density at radius 1 is 1.10 bits per heavy atom. The molecule has 21 heavy (non-hydrogen) atoms. The number of hydrogen-bond acceptors (Lipinski definition) is 5. The molecule has 0 saturated carbocycles. The summed E-state index contributed by atoms with van der Waals surface area (Å²) in [5, 5.41) is 13.3. The van der Waals surface area contributed by atoms with Gasteiger partial charge in [0.15, 0.2) is 5.76 Å². The molecule has 1 heterocycles. The summed E-state index contributed by atoms with van der Waals surface area (Å²) in [6.45, 7) is 4.00. The van der Waals surface area contributed by atoms with Crippen LogP contribution >= 0.6 is 0 Å². The first-order valence-corrected chi connectivity index (χ1v) is 6.85. The fraction of sp³-hybridized carbons (Fsp3) is 0.375. The van der Waals surface area contributed by atoms with E-state index in [2.05, 4.69) is 23.2 Å². The quantitative estimate of drug-likeness (QED) is 0.641. The summed E-state index contributed by atoms with van der Waals surface area (Å²) in [5.74, 6) is 0.791. The van der Waals surface area contributed by atoms with Crippen LogP contribution in [0, 0.1) is 6.92 Å². The van der Waals surface area contributed by atoms with Gasteiger partial charge in [-0.05, 0) is 43.2 Å². The molecule has 2 aromatic rings. The molecule has 0 fully saturated rings. The van der Waals surface area contributed by atoms with Crippen molar-refractivity contribution in [3.63, 3.8) is 0 Å². The summed E-state index contributed by atoms with van der Waals surface area (Å²) in [7, 11) is 7.60. The third kappa shape index (κ3) is 3.62. The molecule has 0 atom stereocenters. The maximum atomic E-state index is 5.88. The second-order valence-electron chi connectivity index (χ2n) is 5.48. The van der Waals surface area contributed by atoms with E-state index in [0.29, 0.717) is 0 Å². The number of rotatable bonds is 4. The van der Waals surface area contributed by atoms with Gasteiger partial charge in [0.2, 0.25) is 0 Å². The summed E-state index contributed by atoms with van der Waals surface area (Å²) in [6, 6.07) is 6.15. The molecular formula is C16H22N4O. The van der Waals surface area contributed by atoms with Crippen LogP contribution in [-0.2, 0) is 0 Å². The second-order valence-corrected chi connectivity index (χ2v) is 5.48. The Hall–Kier alpha value is -2.30. The summed E-state index contributed by atoms with van der Waals surface area (Å²) in [4.78, 5) is 0. The first-order valence-electron chi connectivity index (χ1n) is 6.85. The van der Waals surface area contributed by atoms with E-state index in [0.717, 1.165) is 33.6 Å². The van der Waals surface area contributed by atoms with Gasteiger partial charge in [-0.15, -0.1) is 0 Å². The number of nitrogens with zero attached hydrogens (tertiary/aromatic N) is 4. The number of hydrogen-bond donors (Lipinski definition) is 0. The lowest BCUT2D eigenvalue weighted by molar-refractivity contribution is 0.435. The van der Waals surface area contributed by atoms with E-state index < -0.39 is 0 Å². The van der Waals surface area contributed by atoms with Gasteiger partial charge in [0.1, 0.15) is 5.58 Å². The van der Waals surface area contributed by atoms with Gasteiger partial charge in [0.25, 0.3) is 0 Å². The van der Waals surface area contributed by atoms with Crippen molar-refractivity contribution < 1.29 is 4.42 Å². The third-order valence-corrected chi connectivity index (χ3v) is 3.04. The zero-order chi connectivity index (χ0) is 15.6. The number of fused-ring (bicyclic) bond motifs is 1. The predicted octanol–water partition coefficient (Wildman–Crippen LogP) is 2.92. The van der Waals surface area contributed by atoms with Crippen molar-refractivity contribution in [1.82, 2.24) is 10.0 Å². The van der Waals surface area contributed by atoms with Crippen LogP contribution in [0.25, 0.3) is 11.0 Å². The topological polar surface area (TPSA) is 44.3 Å². The molecule has 0 aliphatic rings. The highest BCUT2D eigenvalue weighted by atomic mass is 16.3. The van der Waals surface area contributed by atoms with E-state index in [4.69, 9.17) is 4.42 Å². The molecule has 0 radical (unpaired) electrons. The van der Waals surface area contributed by atoms with Crippen molar-refractivity contribution in [2.45, 2.75) is 13.8 Å². The van der Waals surface area contributed by atoms with E-state index in [9.17, 15) is 0 Å². The largest absolute Gasteiger partial charge is 0.455 e. The van der Waals surface area contributed by atoms with E-state index in [1.165, 1.54) is 0 Å². The van der Waals surface area contributed by atoms with Gasteiger partial charge in [0.05, 0.1) is 11.9 Å². The molecule has 0 aliphatic carbocycles. The van der Waals surface area contributed by atoms with Gasteiger partial charge in [-0.3, -0.25) is 0 Å². The maximum absolute atomic E-state index is 5.88. The summed E-state index contributed by atoms with van der Waals surface area (Å²) >= 11 is 0. The predicted molar refractivity (Wildman–Crippen MR) is 88.1 cm³/mol. The molecule has 0 unspecified atom stereocenters. The average Bonchev–Trinajstić information content (AvgIpc) is 2.77. The molecular weight excluding hydrogens is 264 g/mol. The van der Waals surface area contributed by atoms with Crippen LogP contribution in [-0.4, -0.2) is 50.1 Å². The van der Waals surface area contributed by atoms with E-state index >= 15 is 0 Å². The van der Waals surface area contributed by atoms with Crippen LogP contribution in [0.1, 0.15) is 23.8 Å². The molecule has 0 N–H and O–H groups in total. The van der Waals surface area contributed by atoms with Crippen LogP contribution < -0.4 is 0 Å². The SMILES string of the molecule is C/C(=N/N(C)C)c1cc2cc(/C=N\N(C)C)c(C)cc2o1. The van der Waals surface area contributed by atoms with Gasteiger partial charge in [-0.2, -0.15) is 10.2 Å². The molecule has 5 nitrogen and oxygen atoms in total. The minimum absolute atomic E-state index is 0.791. The highest BCUT2D eigenvalue weighted by Crippen LogP contribution is 2.23. The van der Waals surface area contributed by atoms with Crippen LogP contribution in [0.15, 0.2) is 32.8 Å². The monoisotopic (exact) mass is 286 g/mol. The number of aryl methyl sites for hydroxylation is 1. The van der Waals surface area contributed by atoms with Gasteiger partial charge < -0.3 is 14.4 Å². The molecule has 0 spiro atoms. The molecule has 1 aromatic heterocycles. The minimum atomic E-state index is 0.791. The van der Waals surface area contributed by atoms with Crippen LogP contribution in [0.3, 0.4) is 0 Å². The Kier molecular flexibility index (Phi) is 4.31. The third-order valence-electron chi connectivity index (χ3n) is 3.04. The lowest BCUT2D eigenvalue weighted by atomic mass is 10.1. The van der Waals surface area contributed by atoms with Crippen LogP contribution in [0.4, 0.5) is 0 Å². The van der Waals surface area contributed by atoms with Crippen molar-refractivity contribution in [3.8, 4) is 0 Å². The molecule has 0 bridgehead atoms. The highest BCUT2D eigenvalue weighted by Gasteiger charge is 2.09. The van der Waals surface area contributed by atoms with Crippen molar-refractivity contribution in [3.05, 3.63) is 35.1 Å². The van der Waals surface area contributed by atoms with E-state index in [-0.39, 0.29) is 0 Å². The Morgan fingerprint density at radius 2 is 1.81 bits per heavy atom. The fourth-order valence-corrected chi connectivity index (χ4v) is 2.05. The standard InChI is InChI=1S/C16H22N4O/c1-11-7-16-13(8-14(11)10-17-19(3)4)9-15(21-16)12(2)18-20(5)6/h7-10H,1-6H3/b17-10-,18-12-. The fourth-order valence-electron chi connectivity index (χ4n) is 2.05. The molecule has 0 saturated heterocycles. The molecule has 0 aliphatic heterocycles. The molecule has 2 rings (SSSR count). The summed E-state index contributed by atoms with van der Waals surface area (Å²) in [5.41, 5.74) is 3.96. The van der Waals surface area contributed by atoms with Gasteiger partial charge in [-0.1, -0.05) is 0 Å². The lowest BCUT2D eigenvalue weighted by Crippen LogP contribution is -2.06. The van der Waals surface area contributed by atoms with Crippen molar-refractivity contribution in [2.24, 2.45) is 10.2 Å². The van der Waals surface area contributed by atoms with Gasteiger partial charge in [-0.25, -0.2) is 0 Å². The van der Waals surface area contributed by atoms with Crippen molar-refractivity contribution in [1.29, 1.82) is 0 Å². The summed E-state index contributed by atoms with van der Waals surface area (Å²) in [6.07, 6.45) is 1.86. The first-order chi connectivity index (χ1) is 9.86. The maximum Gasteiger partial charge on any atom is 0.151 e. The van der Waals surface area contributed by atoms with Crippen LogP contribution in [0.5, 0.6) is 0 Å². The van der Waals surface area contributed by atoms with Crippen molar-refractivity contribution >= 4 is 22.9 Å². The van der Waals surface area contributed by atoms with Crippen molar-refractivity contribution in [2.75, 3.05) is 28.2 Å². The highest BCUT2D eigenvalue weighted by molar-refractivity contribution is 6.00. The number of furan rings is 1. The average molecular weight is 286 g/mol. The normalized spacial score (nSPS) is 12.4. The Bertz CT molecular complexity index is 696. The minimum Gasteiger partial charge on any atom is -0.455 e. The Balaban J connectivity index is 2.44. The van der Waals surface area contributed by atoms with E-state index in [1.54, 1.807) is 10.0 Å². The Morgan fingerprint density at radius 3 is 2.43 bits per heavy atom. The first kappa shape index (κ1) is 15.1. The van der Waals surface area contributed by atoms with Crippen LogP contribution in [0.2, 0.25) is 0 Å². The number of hydrazone groups is 2. The summed E-state index contributed by atoms with van der Waals surface area (Å²) < 4.78 is 5.88. The number of benzene rings is 1. The Labute approximate surface area is 125 Å². The zero-order valence-electron chi connectivity index (χ0n) is 13.5. The molecule has 5 heteroatoms. The van der Waals surface area contributed by atoms with Gasteiger partial charge in [0, 0.05) is 33.6 Å². The molecule has 112 valence electrons. The van der Waals surface area contributed by atoms with E-state index in [1.807, 2.05) is 53.5 Å².